The first-order valence-electron chi connectivity index (χ1n) is 12.9. The minimum absolute atomic E-state index is 0.0117. The van der Waals surface area contributed by atoms with E-state index in [0.717, 1.165) is 54.5 Å². The van der Waals surface area contributed by atoms with Crippen LogP contribution < -0.4 is 4.90 Å². The van der Waals surface area contributed by atoms with Crippen molar-refractivity contribution in [3.63, 3.8) is 0 Å². The van der Waals surface area contributed by atoms with Crippen LogP contribution in [0.4, 0.5) is 10.1 Å². The molecule has 6 aliphatic carbocycles. The van der Waals surface area contributed by atoms with Gasteiger partial charge in [0.05, 0.1) is 11.9 Å². The molecule has 6 nitrogen and oxygen atoms in total. The summed E-state index contributed by atoms with van der Waals surface area (Å²) < 4.78 is 20.6. The lowest BCUT2D eigenvalue weighted by Gasteiger charge is -2.66. The van der Waals surface area contributed by atoms with Gasteiger partial charge in [0.1, 0.15) is 5.67 Å². The quantitative estimate of drug-likeness (QED) is 0.418. The maximum atomic E-state index is 14.1. The van der Waals surface area contributed by atoms with Crippen LogP contribution in [0.15, 0.2) is 27.5 Å². The molecule has 2 heterocycles. The number of amides is 1. The summed E-state index contributed by atoms with van der Waals surface area (Å²) in [5.74, 6) is 1.67. The molecule has 0 aromatic carbocycles. The van der Waals surface area contributed by atoms with Gasteiger partial charge in [0.2, 0.25) is 11.8 Å². The maximum absolute atomic E-state index is 14.1. The van der Waals surface area contributed by atoms with E-state index in [-0.39, 0.29) is 27.6 Å². The van der Waals surface area contributed by atoms with Crippen LogP contribution in [-0.4, -0.2) is 33.2 Å². The first kappa shape index (κ1) is 23.6. The molecule has 0 atom stereocenters. The smallest absolute Gasteiger partial charge is 0.232 e. The molecule has 188 valence electrons. The third-order valence-electron chi connectivity index (χ3n) is 9.34. The molecule has 0 N–H and O–H groups in total. The lowest BCUT2D eigenvalue weighted by Crippen LogP contribution is -2.65. The van der Waals surface area contributed by atoms with Crippen LogP contribution in [-0.2, 0) is 15.6 Å². The van der Waals surface area contributed by atoms with Crippen molar-refractivity contribution < 1.29 is 13.7 Å². The molecular formula is C27H34BrFN4O2. The number of hydrogen-bond donors (Lipinski definition) is 0. The monoisotopic (exact) mass is 544 g/mol. The Morgan fingerprint density at radius 1 is 1.09 bits per heavy atom. The normalized spacial score (nSPS) is 35.3. The number of hydrogen-bond acceptors (Lipinski definition) is 5. The van der Waals surface area contributed by atoms with Gasteiger partial charge in [-0.2, -0.15) is 4.98 Å². The van der Waals surface area contributed by atoms with E-state index in [0.29, 0.717) is 38.1 Å². The lowest BCUT2D eigenvalue weighted by atomic mass is 9.41. The number of alkyl halides is 1. The zero-order valence-corrected chi connectivity index (χ0v) is 22.5. The zero-order chi connectivity index (χ0) is 24.7. The number of pyridine rings is 1. The Kier molecular flexibility index (Phi) is 5.11. The minimum atomic E-state index is -0.987. The number of aromatic nitrogens is 3. The standard InChI is InChI=1S/C27H34BrFN4O2/c1-23(2,3)22-31-21(32-35-22)26-7-4-24(5-8-26,6-9-26)17-33(19-10-18(28)12-30-13-19)20(34)11-25-14-27(29,15-25)16-25/h10,12-13H,4-9,11,14-17H2,1-3H3. The van der Waals surface area contributed by atoms with Gasteiger partial charge < -0.3 is 9.42 Å². The number of carbonyl (C=O) groups is 1. The van der Waals surface area contributed by atoms with E-state index >= 15 is 0 Å². The largest absolute Gasteiger partial charge is 0.339 e. The lowest BCUT2D eigenvalue weighted by molar-refractivity contribution is -0.215. The Bertz CT molecular complexity index is 1130. The first-order chi connectivity index (χ1) is 16.4. The molecule has 4 bridgehead atoms. The van der Waals surface area contributed by atoms with Crippen molar-refractivity contribution in [1.29, 1.82) is 0 Å². The van der Waals surface area contributed by atoms with Gasteiger partial charge in [-0.25, -0.2) is 4.39 Å². The molecule has 0 radical (unpaired) electrons. The Labute approximate surface area is 214 Å². The molecule has 6 aliphatic rings. The number of rotatable bonds is 6. The number of fused-ring (bicyclic) bond motifs is 3. The maximum Gasteiger partial charge on any atom is 0.232 e. The summed E-state index contributed by atoms with van der Waals surface area (Å²) in [6.45, 7) is 6.97. The van der Waals surface area contributed by atoms with E-state index in [1.807, 2.05) is 11.0 Å². The molecule has 8 heteroatoms. The highest BCUT2D eigenvalue weighted by Crippen LogP contribution is 2.71. The number of halogens is 2. The second kappa shape index (κ2) is 7.59. The Balaban J connectivity index is 1.20. The third-order valence-corrected chi connectivity index (χ3v) is 9.78. The van der Waals surface area contributed by atoms with Crippen LogP contribution in [0, 0.1) is 10.8 Å². The molecule has 6 saturated carbocycles. The Morgan fingerprint density at radius 3 is 2.29 bits per heavy atom. The third kappa shape index (κ3) is 3.94. The van der Waals surface area contributed by atoms with Gasteiger partial charge in [-0.1, -0.05) is 25.9 Å². The predicted octanol–water partition coefficient (Wildman–Crippen LogP) is 6.43. The highest BCUT2D eigenvalue weighted by molar-refractivity contribution is 9.10. The molecule has 0 spiro atoms. The van der Waals surface area contributed by atoms with Gasteiger partial charge in [0, 0.05) is 34.5 Å². The van der Waals surface area contributed by atoms with Crippen molar-refractivity contribution in [3.05, 3.63) is 34.6 Å². The highest BCUT2D eigenvalue weighted by atomic mass is 79.9. The number of carbonyl (C=O) groups excluding carboxylic acids is 1. The topological polar surface area (TPSA) is 72.1 Å². The van der Waals surface area contributed by atoms with Gasteiger partial charge in [0.25, 0.3) is 0 Å². The molecule has 1 amide bonds. The molecule has 0 unspecified atom stereocenters. The van der Waals surface area contributed by atoms with Crippen LogP contribution in [0.5, 0.6) is 0 Å². The molecule has 0 saturated heterocycles. The Hall–Kier alpha value is -1.83. The van der Waals surface area contributed by atoms with Crippen LogP contribution in [0.25, 0.3) is 0 Å². The van der Waals surface area contributed by atoms with Crippen LogP contribution in [0.2, 0.25) is 0 Å². The van der Waals surface area contributed by atoms with Crippen molar-refractivity contribution in [2.75, 3.05) is 11.4 Å². The summed E-state index contributed by atoms with van der Waals surface area (Å²) in [5, 5.41) is 4.41. The fourth-order valence-corrected chi connectivity index (χ4v) is 7.60. The van der Waals surface area contributed by atoms with Gasteiger partial charge in [-0.3, -0.25) is 9.78 Å². The van der Waals surface area contributed by atoms with Gasteiger partial charge >= 0.3 is 0 Å². The van der Waals surface area contributed by atoms with E-state index in [4.69, 9.17) is 9.51 Å². The molecule has 0 aliphatic heterocycles. The van der Waals surface area contributed by atoms with E-state index in [1.165, 1.54) is 0 Å². The van der Waals surface area contributed by atoms with E-state index in [9.17, 15) is 9.18 Å². The summed E-state index contributed by atoms with van der Waals surface area (Å²) in [6.07, 6.45) is 11.8. The second-order valence-electron chi connectivity index (χ2n) is 13.2. The van der Waals surface area contributed by atoms with Crippen molar-refractivity contribution in [3.8, 4) is 0 Å². The van der Waals surface area contributed by atoms with E-state index < -0.39 is 5.67 Å². The van der Waals surface area contributed by atoms with Crippen LogP contribution >= 0.6 is 15.9 Å². The average molecular weight is 545 g/mol. The first-order valence-corrected chi connectivity index (χ1v) is 13.7. The summed E-state index contributed by atoms with van der Waals surface area (Å²) in [4.78, 5) is 24.8. The highest BCUT2D eigenvalue weighted by Gasteiger charge is 2.69. The summed E-state index contributed by atoms with van der Waals surface area (Å²) in [6, 6.07) is 1.98. The molecule has 6 fully saturated rings. The molecule has 35 heavy (non-hydrogen) atoms. The number of anilines is 1. The van der Waals surface area contributed by atoms with Crippen molar-refractivity contribution >= 4 is 27.5 Å². The molecular weight excluding hydrogens is 511 g/mol. The van der Waals surface area contributed by atoms with Crippen molar-refractivity contribution in [2.45, 2.75) is 101 Å². The zero-order valence-electron chi connectivity index (χ0n) is 20.9. The van der Waals surface area contributed by atoms with E-state index in [1.54, 1.807) is 12.4 Å². The van der Waals surface area contributed by atoms with Crippen molar-refractivity contribution in [2.24, 2.45) is 10.8 Å². The SMILES string of the molecule is CC(C)(C)c1nc(C23CCC(CN(C(=O)CC45CC(F)(C4)C5)c4cncc(Br)c4)(CC2)CC3)no1. The van der Waals surface area contributed by atoms with Crippen LogP contribution in [0.1, 0.15) is 96.7 Å². The average Bonchev–Trinajstić information content (AvgIpc) is 3.29. The number of nitrogens with zero attached hydrogens (tertiary/aromatic N) is 4. The van der Waals surface area contributed by atoms with Gasteiger partial charge in [-0.15, -0.1) is 0 Å². The fourth-order valence-electron chi connectivity index (χ4n) is 7.25. The van der Waals surface area contributed by atoms with Gasteiger partial charge in [-0.05, 0) is 90.6 Å². The van der Waals surface area contributed by atoms with E-state index in [2.05, 4.69) is 46.8 Å². The summed E-state index contributed by atoms with van der Waals surface area (Å²) in [5.41, 5.74) is -0.358. The summed E-state index contributed by atoms with van der Waals surface area (Å²) >= 11 is 3.52. The minimum Gasteiger partial charge on any atom is -0.339 e. The predicted molar refractivity (Wildman–Crippen MR) is 134 cm³/mol. The summed E-state index contributed by atoms with van der Waals surface area (Å²) in [7, 11) is 0. The second-order valence-corrected chi connectivity index (χ2v) is 14.1. The molecule has 8 rings (SSSR count). The molecule has 2 aromatic heterocycles. The molecule has 2 aromatic rings. The fraction of sp³-hybridized carbons (Fsp3) is 0.704. The Morgan fingerprint density at radius 2 is 1.74 bits per heavy atom. The van der Waals surface area contributed by atoms with Crippen molar-refractivity contribution in [1.82, 2.24) is 15.1 Å². The van der Waals surface area contributed by atoms with Gasteiger partial charge in [0.15, 0.2) is 5.82 Å². The van der Waals surface area contributed by atoms with Crippen LogP contribution in [0.3, 0.4) is 0 Å².